The van der Waals surface area contributed by atoms with E-state index in [1.54, 1.807) is 18.3 Å². The summed E-state index contributed by atoms with van der Waals surface area (Å²) in [6, 6.07) is 3.51. The summed E-state index contributed by atoms with van der Waals surface area (Å²) in [6.45, 7) is 2.09. The highest BCUT2D eigenvalue weighted by atomic mass is 35.5. The predicted octanol–water partition coefficient (Wildman–Crippen LogP) is 2.16. The van der Waals surface area contributed by atoms with E-state index >= 15 is 0 Å². The van der Waals surface area contributed by atoms with E-state index in [1.165, 1.54) is 6.42 Å². The average molecular weight is 254 g/mol. The summed E-state index contributed by atoms with van der Waals surface area (Å²) >= 11 is 5.76. The number of anilines is 1. The number of aromatic nitrogens is 1. The number of rotatable bonds is 3. The van der Waals surface area contributed by atoms with Crippen molar-refractivity contribution in [2.75, 3.05) is 25.0 Å². The van der Waals surface area contributed by atoms with Gasteiger partial charge in [0.2, 0.25) is 5.91 Å². The van der Waals surface area contributed by atoms with Crippen molar-refractivity contribution < 1.29 is 4.79 Å². The lowest BCUT2D eigenvalue weighted by atomic mass is 10.1. The Bertz CT molecular complexity index is 391. The quantitative estimate of drug-likeness (QED) is 0.840. The Kier molecular flexibility index (Phi) is 4.20. The van der Waals surface area contributed by atoms with E-state index in [0.29, 0.717) is 11.7 Å². The van der Waals surface area contributed by atoms with Gasteiger partial charge in [0.1, 0.15) is 5.15 Å². The van der Waals surface area contributed by atoms with Crippen LogP contribution in [0.2, 0.25) is 5.15 Å². The molecule has 0 aromatic carbocycles. The highest BCUT2D eigenvalue weighted by Gasteiger charge is 2.15. The third-order valence-electron chi connectivity index (χ3n) is 2.88. The minimum atomic E-state index is 0.151. The van der Waals surface area contributed by atoms with E-state index in [0.717, 1.165) is 31.6 Å². The number of hydrogen-bond acceptors (Lipinski definition) is 3. The lowest BCUT2D eigenvalue weighted by Gasteiger charge is -2.26. The van der Waals surface area contributed by atoms with Crippen LogP contribution in [0.25, 0.3) is 0 Å². The number of nitrogens with one attached hydrogen (secondary N) is 1. The van der Waals surface area contributed by atoms with Gasteiger partial charge in [0, 0.05) is 25.0 Å². The summed E-state index contributed by atoms with van der Waals surface area (Å²) in [5.74, 6) is 0.151. The van der Waals surface area contributed by atoms with Gasteiger partial charge < -0.3 is 10.2 Å². The first-order chi connectivity index (χ1) is 8.25. The standard InChI is InChI=1S/C12H16ClN3O/c13-11-8-10(4-5-14-11)15-9-12(17)16-6-2-1-3-7-16/h4-5,8H,1-3,6-7,9H2,(H,14,15). The fourth-order valence-corrected chi connectivity index (χ4v) is 2.12. The molecule has 1 N–H and O–H groups in total. The maximum atomic E-state index is 11.9. The van der Waals surface area contributed by atoms with Crippen molar-refractivity contribution in [2.45, 2.75) is 19.3 Å². The molecular weight excluding hydrogens is 238 g/mol. The molecule has 0 spiro atoms. The third kappa shape index (κ3) is 3.60. The van der Waals surface area contributed by atoms with Gasteiger partial charge in [0.25, 0.3) is 0 Å². The molecule has 1 aliphatic rings. The van der Waals surface area contributed by atoms with Crippen LogP contribution in [0.5, 0.6) is 0 Å². The van der Waals surface area contributed by atoms with E-state index in [2.05, 4.69) is 10.3 Å². The van der Waals surface area contributed by atoms with Crippen LogP contribution in [0, 0.1) is 0 Å². The monoisotopic (exact) mass is 253 g/mol. The smallest absolute Gasteiger partial charge is 0.241 e. The fourth-order valence-electron chi connectivity index (χ4n) is 1.95. The zero-order valence-corrected chi connectivity index (χ0v) is 10.4. The highest BCUT2D eigenvalue weighted by Crippen LogP contribution is 2.12. The van der Waals surface area contributed by atoms with Crippen molar-refractivity contribution in [1.29, 1.82) is 0 Å². The molecule has 2 heterocycles. The number of amides is 1. The van der Waals surface area contributed by atoms with Gasteiger partial charge in [-0.1, -0.05) is 11.6 Å². The molecule has 4 nitrogen and oxygen atoms in total. The van der Waals surface area contributed by atoms with Crippen LogP contribution in [-0.4, -0.2) is 35.4 Å². The largest absolute Gasteiger partial charge is 0.376 e. The molecule has 0 atom stereocenters. The number of carbonyl (C=O) groups excluding carboxylic acids is 1. The van der Waals surface area contributed by atoms with Crippen molar-refractivity contribution in [1.82, 2.24) is 9.88 Å². The van der Waals surface area contributed by atoms with Gasteiger partial charge in [0.05, 0.1) is 6.54 Å². The Hall–Kier alpha value is -1.29. The predicted molar refractivity (Wildman–Crippen MR) is 68.2 cm³/mol. The number of halogens is 1. The fraction of sp³-hybridized carbons (Fsp3) is 0.500. The molecule has 17 heavy (non-hydrogen) atoms. The summed E-state index contributed by atoms with van der Waals surface area (Å²) in [7, 11) is 0. The summed E-state index contributed by atoms with van der Waals surface area (Å²) in [6.07, 6.45) is 5.09. The van der Waals surface area contributed by atoms with Gasteiger partial charge in [-0.25, -0.2) is 4.98 Å². The number of nitrogens with zero attached hydrogens (tertiary/aromatic N) is 2. The van der Waals surface area contributed by atoms with Crippen LogP contribution in [-0.2, 0) is 4.79 Å². The van der Waals surface area contributed by atoms with Crippen molar-refractivity contribution >= 4 is 23.2 Å². The SMILES string of the molecule is O=C(CNc1ccnc(Cl)c1)N1CCCCC1. The molecule has 5 heteroatoms. The lowest BCUT2D eigenvalue weighted by molar-refractivity contribution is -0.130. The number of piperidine rings is 1. The Morgan fingerprint density at radius 1 is 1.41 bits per heavy atom. The van der Waals surface area contributed by atoms with Crippen LogP contribution in [0.4, 0.5) is 5.69 Å². The first kappa shape index (κ1) is 12.2. The highest BCUT2D eigenvalue weighted by molar-refractivity contribution is 6.29. The molecule has 0 radical (unpaired) electrons. The molecule has 0 bridgehead atoms. The minimum Gasteiger partial charge on any atom is -0.376 e. The maximum absolute atomic E-state index is 11.9. The van der Waals surface area contributed by atoms with Crippen molar-refractivity contribution in [3.63, 3.8) is 0 Å². The normalized spacial score (nSPS) is 15.7. The molecule has 92 valence electrons. The van der Waals surface area contributed by atoms with Gasteiger partial charge in [0.15, 0.2) is 0 Å². The molecule has 1 aromatic heterocycles. The van der Waals surface area contributed by atoms with E-state index in [9.17, 15) is 4.79 Å². The molecule has 1 amide bonds. The van der Waals surface area contributed by atoms with Crippen LogP contribution in [0.15, 0.2) is 18.3 Å². The van der Waals surface area contributed by atoms with Crippen LogP contribution in [0.3, 0.4) is 0 Å². The molecule has 1 aliphatic heterocycles. The molecule has 2 rings (SSSR count). The Morgan fingerprint density at radius 3 is 2.88 bits per heavy atom. The number of pyridine rings is 1. The van der Waals surface area contributed by atoms with E-state index < -0.39 is 0 Å². The Morgan fingerprint density at radius 2 is 2.18 bits per heavy atom. The second-order valence-corrected chi connectivity index (χ2v) is 4.55. The molecular formula is C12H16ClN3O. The van der Waals surface area contributed by atoms with Gasteiger partial charge >= 0.3 is 0 Å². The van der Waals surface area contributed by atoms with Gasteiger partial charge in [-0.2, -0.15) is 0 Å². The van der Waals surface area contributed by atoms with Gasteiger partial charge in [-0.3, -0.25) is 4.79 Å². The third-order valence-corrected chi connectivity index (χ3v) is 3.09. The zero-order chi connectivity index (χ0) is 12.1. The summed E-state index contributed by atoms with van der Waals surface area (Å²) in [5.41, 5.74) is 0.829. The van der Waals surface area contributed by atoms with Crippen molar-refractivity contribution in [3.8, 4) is 0 Å². The van der Waals surface area contributed by atoms with Crippen LogP contribution in [0.1, 0.15) is 19.3 Å². The summed E-state index contributed by atoms with van der Waals surface area (Å²) in [5, 5.41) is 3.50. The van der Waals surface area contributed by atoms with E-state index in [1.807, 2.05) is 4.90 Å². The molecule has 0 aliphatic carbocycles. The Labute approximate surface area is 106 Å². The molecule has 1 fully saturated rings. The minimum absolute atomic E-state index is 0.151. The van der Waals surface area contributed by atoms with Crippen LogP contribution >= 0.6 is 11.6 Å². The maximum Gasteiger partial charge on any atom is 0.241 e. The summed E-state index contributed by atoms with van der Waals surface area (Å²) in [4.78, 5) is 17.7. The Balaban J connectivity index is 1.83. The molecule has 0 unspecified atom stereocenters. The van der Waals surface area contributed by atoms with E-state index in [-0.39, 0.29) is 5.91 Å². The first-order valence-electron chi connectivity index (χ1n) is 5.89. The van der Waals surface area contributed by atoms with E-state index in [4.69, 9.17) is 11.6 Å². The zero-order valence-electron chi connectivity index (χ0n) is 9.66. The van der Waals surface area contributed by atoms with Crippen molar-refractivity contribution in [3.05, 3.63) is 23.5 Å². The molecule has 1 saturated heterocycles. The number of hydrogen-bond donors (Lipinski definition) is 1. The second kappa shape index (κ2) is 5.87. The second-order valence-electron chi connectivity index (χ2n) is 4.16. The number of carbonyl (C=O) groups is 1. The van der Waals surface area contributed by atoms with Crippen LogP contribution < -0.4 is 5.32 Å². The first-order valence-corrected chi connectivity index (χ1v) is 6.27. The molecule has 0 saturated carbocycles. The summed E-state index contributed by atoms with van der Waals surface area (Å²) < 4.78 is 0. The van der Waals surface area contributed by atoms with Gasteiger partial charge in [-0.15, -0.1) is 0 Å². The molecule has 1 aromatic rings. The van der Waals surface area contributed by atoms with Crippen molar-refractivity contribution in [2.24, 2.45) is 0 Å². The average Bonchev–Trinajstić information content (AvgIpc) is 2.37. The lowest BCUT2D eigenvalue weighted by Crippen LogP contribution is -2.39. The topological polar surface area (TPSA) is 45.2 Å². The van der Waals surface area contributed by atoms with Gasteiger partial charge in [-0.05, 0) is 31.4 Å². The number of likely N-dealkylation sites (tertiary alicyclic amines) is 1.